The first-order valence-corrected chi connectivity index (χ1v) is 3.41. The second-order valence-corrected chi connectivity index (χ2v) is 1.98. The number of nitrogens with two attached hydrogens (primary N) is 1. The highest BCUT2D eigenvalue weighted by atomic mass is 16.7. The molecular weight excluding hydrogens is 172 g/mol. The van der Waals surface area contributed by atoms with E-state index < -0.39 is 11.9 Å². The molecule has 0 aliphatic rings. The predicted molar refractivity (Wildman–Crippen MR) is 49.4 cm³/mol. The number of hydroxylamine groups is 1. The molecule has 0 aliphatic carbocycles. The van der Waals surface area contributed by atoms with Crippen LogP contribution >= 0.6 is 0 Å². The Bertz CT molecular complexity index is 211. The summed E-state index contributed by atoms with van der Waals surface area (Å²) in [4.78, 5) is 24.1. The van der Waals surface area contributed by atoms with Crippen LogP contribution in [0.15, 0.2) is 24.8 Å². The van der Waals surface area contributed by atoms with Crippen LogP contribution < -0.4 is 11.2 Å². The van der Waals surface area contributed by atoms with E-state index in [2.05, 4.69) is 29.2 Å². The molecule has 0 bridgehead atoms. The Morgan fingerprint density at radius 1 is 1.54 bits per heavy atom. The van der Waals surface area contributed by atoms with E-state index in [0.29, 0.717) is 5.57 Å². The summed E-state index contributed by atoms with van der Waals surface area (Å²) in [6, 6.07) is 0. The van der Waals surface area contributed by atoms with E-state index in [-0.39, 0.29) is 0 Å². The molecule has 0 fully saturated rings. The summed E-state index contributed by atoms with van der Waals surface area (Å²) in [6.45, 7) is 8.03. The molecule has 0 aromatic rings. The molecule has 0 saturated carbocycles. The lowest BCUT2D eigenvalue weighted by Gasteiger charge is -1.96. The number of rotatable bonds is 3. The van der Waals surface area contributed by atoms with E-state index in [1.54, 1.807) is 6.92 Å². The van der Waals surface area contributed by atoms with E-state index in [4.69, 9.17) is 0 Å². The molecule has 5 heteroatoms. The lowest BCUT2D eigenvalue weighted by Crippen LogP contribution is -2.14. The van der Waals surface area contributed by atoms with Crippen LogP contribution in [0.25, 0.3) is 0 Å². The van der Waals surface area contributed by atoms with Gasteiger partial charge in [0.15, 0.2) is 0 Å². The van der Waals surface area contributed by atoms with Gasteiger partial charge in [-0.05, 0) is 13.0 Å². The third-order valence-corrected chi connectivity index (χ3v) is 0.744. The van der Waals surface area contributed by atoms with Crippen molar-refractivity contribution in [1.82, 2.24) is 5.48 Å². The van der Waals surface area contributed by atoms with Crippen LogP contribution in [0.1, 0.15) is 6.92 Å². The first-order chi connectivity index (χ1) is 5.95. The van der Waals surface area contributed by atoms with Gasteiger partial charge >= 0.3 is 5.97 Å². The smallest absolute Gasteiger partial charge is 0.351 e. The van der Waals surface area contributed by atoms with Crippen molar-refractivity contribution in [3.8, 4) is 0 Å². The summed E-state index contributed by atoms with van der Waals surface area (Å²) in [6.07, 6.45) is 1.06. The van der Waals surface area contributed by atoms with Gasteiger partial charge < -0.3 is 10.6 Å². The van der Waals surface area contributed by atoms with Crippen molar-refractivity contribution in [2.45, 2.75) is 6.92 Å². The van der Waals surface area contributed by atoms with Crippen molar-refractivity contribution in [1.29, 1.82) is 0 Å². The highest BCUT2D eigenvalue weighted by Crippen LogP contribution is 1.87. The summed E-state index contributed by atoms with van der Waals surface area (Å²) in [7, 11) is 1.51. The van der Waals surface area contributed by atoms with Crippen LogP contribution in [-0.4, -0.2) is 18.9 Å². The first kappa shape index (κ1) is 13.9. The molecular formula is C8H14N2O3. The highest BCUT2D eigenvalue weighted by Gasteiger charge is 1.98. The number of nitrogens with one attached hydrogen (secondary N) is 1. The second-order valence-electron chi connectivity index (χ2n) is 1.98. The topological polar surface area (TPSA) is 81.4 Å². The third-order valence-electron chi connectivity index (χ3n) is 0.744. The Hall–Kier alpha value is -1.62. The fraction of sp³-hybridized carbons (Fsp3) is 0.250. The van der Waals surface area contributed by atoms with Gasteiger partial charge in [-0.25, -0.2) is 4.79 Å². The number of amides is 1. The maximum atomic E-state index is 10.4. The lowest BCUT2D eigenvalue weighted by molar-refractivity contribution is -0.144. The number of hydrogen-bond donors (Lipinski definition) is 2. The number of carbonyl (C=O) groups excluding carboxylic acids is 2. The van der Waals surface area contributed by atoms with Gasteiger partial charge in [-0.15, -0.1) is 0 Å². The van der Waals surface area contributed by atoms with Crippen molar-refractivity contribution in [2.75, 3.05) is 7.05 Å². The van der Waals surface area contributed by atoms with Crippen molar-refractivity contribution in [2.24, 2.45) is 5.73 Å². The van der Waals surface area contributed by atoms with E-state index in [1.807, 2.05) is 0 Å². The molecule has 0 spiro atoms. The number of hydrogen-bond acceptors (Lipinski definition) is 4. The van der Waals surface area contributed by atoms with Gasteiger partial charge in [0, 0.05) is 12.6 Å². The van der Waals surface area contributed by atoms with Crippen LogP contribution in [0, 0.1) is 0 Å². The maximum absolute atomic E-state index is 10.4. The van der Waals surface area contributed by atoms with Gasteiger partial charge in [0.1, 0.15) is 0 Å². The number of carbonyl (C=O) groups is 2. The summed E-state index contributed by atoms with van der Waals surface area (Å²) in [5.74, 6) is -0.905. The van der Waals surface area contributed by atoms with Crippen molar-refractivity contribution >= 4 is 11.9 Å². The molecule has 0 saturated heterocycles. The van der Waals surface area contributed by atoms with Gasteiger partial charge in [-0.1, -0.05) is 13.2 Å². The van der Waals surface area contributed by atoms with Crippen LogP contribution in [0.5, 0.6) is 0 Å². The quantitative estimate of drug-likeness (QED) is 0.476. The molecule has 0 aromatic carbocycles. The molecule has 3 N–H and O–H groups in total. The molecule has 0 radical (unpaired) electrons. The first-order valence-electron chi connectivity index (χ1n) is 3.41. The zero-order valence-electron chi connectivity index (χ0n) is 7.79. The van der Waals surface area contributed by atoms with Crippen molar-refractivity contribution < 1.29 is 14.4 Å². The van der Waals surface area contributed by atoms with Gasteiger partial charge in [-0.2, -0.15) is 5.48 Å². The molecule has 0 unspecified atom stereocenters. The van der Waals surface area contributed by atoms with E-state index in [0.717, 1.165) is 6.08 Å². The molecule has 1 amide bonds. The van der Waals surface area contributed by atoms with Crippen molar-refractivity contribution in [3.63, 3.8) is 0 Å². The van der Waals surface area contributed by atoms with Crippen LogP contribution in [0.4, 0.5) is 0 Å². The third kappa shape index (κ3) is 13.4. The highest BCUT2D eigenvalue weighted by molar-refractivity contribution is 5.86. The Labute approximate surface area is 77.2 Å². The summed E-state index contributed by atoms with van der Waals surface area (Å²) >= 11 is 0. The minimum absolute atomic E-state index is 0.388. The molecule has 74 valence electrons. The fourth-order valence-electron chi connectivity index (χ4n) is 0.180. The Balaban J connectivity index is 0. The van der Waals surface area contributed by atoms with Crippen LogP contribution in [0.3, 0.4) is 0 Å². The molecule has 0 atom stereocenters. The van der Waals surface area contributed by atoms with Gasteiger partial charge in [0.2, 0.25) is 5.91 Å². The summed E-state index contributed by atoms with van der Waals surface area (Å²) in [5, 5.41) is 0. The molecule has 0 aromatic heterocycles. The molecule has 0 heterocycles. The standard InChI is InChI=1S/C5H9NO2.C3H5NO/c1-4(2)5(7)8-6-3;1-2-3(4)5/h6H,1H2,2-3H3;2H,1H2,(H2,4,5). The average molecular weight is 186 g/mol. The Morgan fingerprint density at radius 3 is 2.00 bits per heavy atom. The normalized spacial score (nSPS) is 7.54. The predicted octanol–water partition coefficient (Wildman–Crippen LogP) is -0.102. The molecule has 13 heavy (non-hydrogen) atoms. The zero-order chi connectivity index (χ0) is 10.9. The SMILES string of the molecule is C=C(C)C(=O)ONC.C=CC(N)=O. The zero-order valence-corrected chi connectivity index (χ0v) is 7.79. The maximum Gasteiger partial charge on any atom is 0.351 e. The molecule has 0 aliphatic heterocycles. The average Bonchev–Trinajstić information content (AvgIpc) is 2.06. The Morgan fingerprint density at radius 2 is 1.92 bits per heavy atom. The van der Waals surface area contributed by atoms with E-state index in [1.165, 1.54) is 7.05 Å². The Kier molecular flexibility index (Phi) is 9.09. The minimum atomic E-state index is -0.481. The lowest BCUT2D eigenvalue weighted by atomic mass is 10.4. The van der Waals surface area contributed by atoms with Crippen LogP contribution in [-0.2, 0) is 14.4 Å². The van der Waals surface area contributed by atoms with Crippen molar-refractivity contribution in [3.05, 3.63) is 24.8 Å². The van der Waals surface area contributed by atoms with Crippen LogP contribution in [0.2, 0.25) is 0 Å². The molecule has 5 nitrogen and oxygen atoms in total. The molecule has 0 rings (SSSR count). The van der Waals surface area contributed by atoms with Gasteiger partial charge in [0.25, 0.3) is 0 Å². The monoisotopic (exact) mass is 186 g/mol. The van der Waals surface area contributed by atoms with Gasteiger partial charge in [0.05, 0.1) is 0 Å². The van der Waals surface area contributed by atoms with E-state index in [9.17, 15) is 9.59 Å². The number of primary amides is 1. The van der Waals surface area contributed by atoms with Gasteiger partial charge in [-0.3, -0.25) is 4.79 Å². The summed E-state index contributed by atoms with van der Waals surface area (Å²) in [5.41, 5.74) is 7.16. The largest absolute Gasteiger partial charge is 0.367 e. The van der Waals surface area contributed by atoms with E-state index >= 15 is 0 Å². The summed E-state index contributed by atoms with van der Waals surface area (Å²) < 4.78 is 0. The fourth-order valence-corrected chi connectivity index (χ4v) is 0.180. The second kappa shape index (κ2) is 8.48. The minimum Gasteiger partial charge on any atom is -0.367 e.